The molecule has 2 N–H and O–H groups in total. The van der Waals surface area contributed by atoms with Gasteiger partial charge in [-0.2, -0.15) is 0 Å². The van der Waals surface area contributed by atoms with Crippen LogP contribution in [0.4, 0.5) is 10.2 Å². The Hall–Kier alpha value is -1.71. The molecule has 13 heavy (non-hydrogen) atoms. The molecule has 1 aromatic rings. The summed E-state index contributed by atoms with van der Waals surface area (Å²) in [6, 6.07) is 2.80. The number of hydrogen-bond acceptors (Lipinski definition) is 3. The van der Waals surface area contributed by atoms with Crippen molar-refractivity contribution in [3.8, 4) is 0 Å². The summed E-state index contributed by atoms with van der Waals surface area (Å²) in [5, 5.41) is 0. The molecule has 0 atom stereocenters. The van der Waals surface area contributed by atoms with Gasteiger partial charge in [-0.15, -0.1) is 0 Å². The van der Waals surface area contributed by atoms with Crippen molar-refractivity contribution in [2.75, 3.05) is 0 Å². The highest BCUT2D eigenvalue weighted by Crippen LogP contribution is 2.06. The van der Waals surface area contributed by atoms with Gasteiger partial charge in [-0.25, -0.2) is 14.4 Å². The summed E-state index contributed by atoms with van der Waals surface area (Å²) in [7, 11) is 0. The maximum atomic E-state index is 12.4. The molecule has 1 heterocycles. The van der Waals surface area contributed by atoms with E-state index in [2.05, 4.69) is 9.98 Å². The van der Waals surface area contributed by atoms with Gasteiger partial charge in [0.1, 0.15) is 5.82 Å². The standard InChI is InChI=1S/C9H10FN3/c1-7(4-11)5-12-9-3-2-8(10)6-13-9/h2-6H,11H2,1H3/b7-4-,12-5?. The summed E-state index contributed by atoms with van der Waals surface area (Å²) >= 11 is 0. The molecule has 0 aliphatic heterocycles. The Bertz CT molecular complexity index is 327. The topological polar surface area (TPSA) is 51.3 Å². The van der Waals surface area contributed by atoms with Gasteiger partial charge < -0.3 is 5.73 Å². The van der Waals surface area contributed by atoms with Crippen LogP contribution in [0.5, 0.6) is 0 Å². The van der Waals surface area contributed by atoms with Gasteiger partial charge in [-0.05, 0) is 30.8 Å². The van der Waals surface area contributed by atoms with E-state index in [9.17, 15) is 4.39 Å². The predicted octanol–water partition coefficient (Wildman–Crippen LogP) is 1.79. The van der Waals surface area contributed by atoms with Gasteiger partial charge in [-0.1, -0.05) is 0 Å². The second-order valence-electron chi connectivity index (χ2n) is 2.50. The molecule has 1 rings (SSSR count). The lowest BCUT2D eigenvalue weighted by molar-refractivity contribution is 0.621. The minimum atomic E-state index is -0.370. The van der Waals surface area contributed by atoms with Crippen molar-refractivity contribution in [3.05, 3.63) is 35.9 Å². The molecule has 1 aromatic heterocycles. The van der Waals surface area contributed by atoms with E-state index in [-0.39, 0.29) is 5.82 Å². The summed E-state index contributed by atoms with van der Waals surface area (Å²) in [5.74, 6) is 0.0904. The van der Waals surface area contributed by atoms with Crippen molar-refractivity contribution in [2.24, 2.45) is 10.7 Å². The first-order valence-electron chi connectivity index (χ1n) is 3.76. The second kappa shape index (κ2) is 4.35. The highest BCUT2D eigenvalue weighted by atomic mass is 19.1. The number of nitrogens with two attached hydrogens (primary N) is 1. The van der Waals surface area contributed by atoms with Gasteiger partial charge in [0.05, 0.1) is 6.20 Å². The van der Waals surface area contributed by atoms with E-state index >= 15 is 0 Å². The quantitative estimate of drug-likeness (QED) is 0.703. The lowest BCUT2D eigenvalue weighted by atomic mass is 10.4. The first-order valence-corrected chi connectivity index (χ1v) is 3.76. The largest absolute Gasteiger partial charge is 0.404 e. The van der Waals surface area contributed by atoms with Crippen molar-refractivity contribution in [2.45, 2.75) is 6.92 Å². The Morgan fingerprint density at radius 2 is 2.38 bits per heavy atom. The summed E-state index contributed by atoms with van der Waals surface area (Å²) in [6.45, 7) is 1.81. The fraction of sp³-hybridized carbons (Fsp3) is 0.111. The van der Waals surface area contributed by atoms with Crippen LogP contribution in [0.25, 0.3) is 0 Å². The molecular formula is C9H10FN3. The zero-order chi connectivity index (χ0) is 9.68. The number of rotatable bonds is 2. The Morgan fingerprint density at radius 1 is 1.62 bits per heavy atom. The molecule has 4 heteroatoms. The van der Waals surface area contributed by atoms with Gasteiger partial charge in [0.15, 0.2) is 5.82 Å². The van der Waals surface area contributed by atoms with Crippen molar-refractivity contribution >= 4 is 12.0 Å². The van der Waals surface area contributed by atoms with Crippen LogP contribution >= 0.6 is 0 Å². The number of aromatic nitrogens is 1. The van der Waals surface area contributed by atoms with Gasteiger partial charge in [0.25, 0.3) is 0 Å². The van der Waals surface area contributed by atoms with Crippen LogP contribution in [0.2, 0.25) is 0 Å². The molecule has 0 fully saturated rings. The van der Waals surface area contributed by atoms with E-state index in [1.54, 1.807) is 6.21 Å². The Morgan fingerprint density at radius 3 is 2.92 bits per heavy atom. The molecule has 0 bridgehead atoms. The van der Waals surface area contributed by atoms with Crippen LogP contribution in [0.3, 0.4) is 0 Å². The minimum Gasteiger partial charge on any atom is -0.404 e. The Labute approximate surface area is 75.8 Å². The van der Waals surface area contributed by atoms with Crippen LogP contribution in [-0.2, 0) is 0 Å². The van der Waals surface area contributed by atoms with Crippen LogP contribution in [0, 0.1) is 5.82 Å². The molecule has 0 spiro atoms. The van der Waals surface area contributed by atoms with E-state index in [4.69, 9.17) is 5.73 Å². The lowest BCUT2D eigenvalue weighted by Crippen LogP contribution is -1.85. The highest BCUT2D eigenvalue weighted by molar-refractivity contribution is 5.79. The number of allylic oxidation sites excluding steroid dienone is 1. The zero-order valence-corrected chi connectivity index (χ0v) is 7.24. The van der Waals surface area contributed by atoms with Crippen LogP contribution in [-0.4, -0.2) is 11.2 Å². The van der Waals surface area contributed by atoms with Crippen LogP contribution in [0.15, 0.2) is 35.1 Å². The van der Waals surface area contributed by atoms with E-state index in [0.717, 1.165) is 11.8 Å². The van der Waals surface area contributed by atoms with Crippen molar-refractivity contribution in [3.63, 3.8) is 0 Å². The average molecular weight is 179 g/mol. The summed E-state index contributed by atoms with van der Waals surface area (Å²) in [5.41, 5.74) is 6.05. The van der Waals surface area contributed by atoms with Gasteiger partial charge in [0, 0.05) is 6.21 Å². The summed E-state index contributed by atoms with van der Waals surface area (Å²) in [4.78, 5) is 7.71. The molecule has 0 amide bonds. The first-order chi connectivity index (χ1) is 6.22. The normalized spacial score (nSPS) is 12.3. The van der Waals surface area contributed by atoms with Crippen LogP contribution in [0.1, 0.15) is 6.92 Å². The predicted molar refractivity (Wildman–Crippen MR) is 50.3 cm³/mol. The number of nitrogens with zero attached hydrogens (tertiary/aromatic N) is 2. The minimum absolute atomic E-state index is 0.370. The van der Waals surface area contributed by atoms with E-state index in [1.807, 2.05) is 6.92 Å². The van der Waals surface area contributed by atoms with Crippen molar-refractivity contribution in [1.82, 2.24) is 4.98 Å². The average Bonchev–Trinajstić information content (AvgIpc) is 2.16. The zero-order valence-electron chi connectivity index (χ0n) is 7.24. The third-order valence-electron chi connectivity index (χ3n) is 1.38. The maximum Gasteiger partial charge on any atom is 0.151 e. The monoisotopic (exact) mass is 179 g/mol. The van der Waals surface area contributed by atoms with E-state index in [1.165, 1.54) is 18.3 Å². The molecular weight excluding hydrogens is 169 g/mol. The van der Waals surface area contributed by atoms with Crippen molar-refractivity contribution in [1.29, 1.82) is 0 Å². The number of halogens is 1. The molecule has 0 radical (unpaired) electrons. The van der Waals surface area contributed by atoms with E-state index < -0.39 is 0 Å². The van der Waals surface area contributed by atoms with E-state index in [0.29, 0.717) is 5.82 Å². The third kappa shape index (κ3) is 3.02. The first kappa shape index (κ1) is 9.38. The Balaban J connectivity index is 2.75. The smallest absolute Gasteiger partial charge is 0.151 e. The number of aliphatic imine (C=N–C) groups is 1. The van der Waals surface area contributed by atoms with Gasteiger partial charge in [-0.3, -0.25) is 0 Å². The summed E-state index contributed by atoms with van der Waals surface area (Å²) in [6.07, 6.45) is 4.13. The molecule has 68 valence electrons. The molecule has 0 saturated carbocycles. The van der Waals surface area contributed by atoms with Gasteiger partial charge in [0.2, 0.25) is 0 Å². The van der Waals surface area contributed by atoms with Crippen LogP contribution < -0.4 is 5.73 Å². The van der Waals surface area contributed by atoms with Gasteiger partial charge >= 0.3 is 0 Å². The molecule has 0 saturated heterocycles. The molecule has 3 nitrogen and oxygen atoms in total. The summed E-state index contributed by atoms with van der Waals surface area (Å²) < 4.78 is 12.4. The molecule has 0 aliphatic rings. The molecule has 0 aliphatic carbocycles. The fourth-order valence-corrected chi connectivity index (χ4v) is 0.655. The Kier molecular flexibility index (Phi) is 3.14. The molecule has 0 aromatic carbocycles. The highest BCUT2D eigenvalue weighted by Gasteiger charge is 1.90. The SMILES string of the molecule is C/C(C=Nc1ccc(F)cn1)=C/N. The lowest BCUT2D eigenvalue weighted by Gasteiger charge is -1.91. The molecule has 0 unspecified atom stereocenters. The maximum absolute atomic E-state index is 12.4. The number of hydrogen-bond donors (Lipinski definition) is 1. The second-order valence-corrected chi connectivity index (χ2v) is 2.50. The third-order valence-corrected chi connectivity index (χ3v) is 1.38. The fourth-order valence-electron chi connectivity index (χ4n) is 0.655. The van der Waals surface area contributed by atoms with Crippen molar-refractivity contribution < 1.29 is 4.39 Å². The number of pyridine rings is 1.